The third kappa shape index (κ3) is 6.71. The zero-order valence-corrected chi connectivity index (χ0v) is 11.7. The van der Waals surface area contributed by atoms with E-state index in [0.717, 1.165) is 11.3 Å². The summed E-state index contributed by atoms with van der Waals surface area (Å²) in [6.07, 6.45) is 0. The lowest BCUT2D eigenvalue weighted by atomic mass is 10.2. The molecule has 104 valence electrons. The number of primary amides is 1. The fourth-order valence-corrected chi connectivity index (χ4v) is 2.00. The van der Waals surface area contributed by atoms with Crippen molar-refractivity contribution in [3.63, 3.8) is 0 Å². The molecule has 2 amide bonds. The number of thioether (sulfide) groups is 1. The summed E-state index contributed by atoms with van der Waals surface area (Å²) >= 11 is 1.20. The van der Waals surface area contributed by atoms with Crippen molar-refractivity contribution in [2.45, 2.75) is 13.5 Å². The molecule has 19 heavy (non-hydrogen) atoms. The van der Waals surface area contributed by atoms with E-state index < -0.39 is 5.91 Å². The van der Waals surface area contributed by atoms with Crippen LogP contribution in [-0.4, -0.2) is 29.9 Å². The molecular formula is C13H18N2O3S. The molecule has 0 fully saturated rings. The molecule has 0 aliphatic rings. The molecule has 0 spiro atoms. The number of carbonyl (C=O) groups excluding carboxylic acids is 2. The van der Waals surface area contributed by atoms with Gasteiger partial charge in [0.05, 0.1) is 18.1 Å². The number of ether oxygens (including phenoxy) is 1. The number of nitrogens with one attached hydrogen (secondary N) is 1. The quantitative estimate of drug-likeness (QED) is 0.743. The molecule has 6 heteroatoms. The Morgan fingerprint density at radius 1 is 1.37 bits per heavy atom. The largest absolute Gasteiger partial charge is 0.494 e. The van der Waals surface area contributed by atoms with Crippen molar-refractivity contribution in [3.05, 3.63) is 29.8 Å². The summed E-state index contributed by atoms with van der Waals surface area (Å²) in [5, 5.41) is 2.77. The Morgan fingerprint density at radius 2 is 2.16 bits per heavy atom. The lowest BCUT2D eigenvalue weighted by molar-refractivity contribution is -0.118. The molecule has 5 nitrogen and oxygen atoms in total. The van der Waals surface area contributed by atoms with E-state index in [4.69, 9.17) is 10.5 Å². The second-order valence-electron chi connectivity index (χ2n) is 3.82. The van der Waals surface area contributed by atoms with Crippen LogP contribution in [0.15, 0.2) is 24.3 Å². The average molecular weight is 282 g/mol. The highest BCUT2D eigenvalue weighted by atomic mass is 32.2. The fourth-order valence-electron chi connectivity index (χ4n) is 1.41. The first-order chi connectivity index (χ1) is 9.11. The minimum Gasteiger partial charge on any atom is -0.494 e. The van der Waals surface area contributed by atoms with Gasteiger partial charge in [0.25, 0.3) is 0 Å². The smallest absolute Gasteiger partial charge is 0.230 e. The molecule has 0 aromatic heterocycles. The maximum atomic E-state index is 11.5. The highest BCUT2D eigenvalue weighted by Crippen LogP contribution is 2.13. The van der Waals surface area contributed by atoms with Gasteiger partial charge in [-0.3, -0.25) is 9.59 Å². The van der Waals surface area contributed by atoms with E-state index >= 15 is 0 Å². The van der Waals surface area contributed by atoms with Crippen molar-refractivity contribution < 1.29 is 14.3 Å². The zero-order valence-electron chi connectivity index (χ0n) is 10.8. The van der Waals surface area contributed by atoms with Crippen molar-refractivity contribution in [1.29, 1.82) is 0 Å². The van der Waals surface area contributed by atoms with Crippen LogP contribution in [0, 0.1) is 0 Å². The number of rotatable bonds is 8. The van der Waals surface area contributed by atoms with E-state index in [1.165, 1.54) is 11.8 Å². The van der Waals surface area contributed by atoms with Crippen molar-refractivity contribution in [1.82, 2.24) is 5.32 Å². The molecule has 0 unspecified atom stereocenters. The second-order valence-corrected chi connectivity index (χ2v) is 4.80. The summed E-state index contributed by atoms with van der Waals surface area (Å²) < 4.78 is 5.38. The molecule has 1 rings (SSSR count). The number of nitrogens with two attached hydrogens (primary N) is 1. The molecule has 0 radical (unpaired) electrons. The molecular weight excluding hydrogens is 264 g/mol. The SMILES string of the molecule is CCOc1cccc(CNC(=O)CSCC(N)=O)c1. The molecule has 0 aliphatic heterocycles. The highest BCUT2D eigenvalue weighted by molar-refractivity contribution is 8.00. The predicted molar refractivity (Wildman–Crippen MR) is 76.0 cm³/mol. The molecule has 0 saturated heterocycles. The number of benzene rings is 1. The van der Waals surface area contributed by atoms with E-state index in [9.17, 15) is 9.59 Å². The van der Waals surface area contributed by atoms with Crippen LogP contribution < -0.4 is 15.8 Å². The van der Waals surface area contributed by atoms with Crippen LogP contribution in [-0.2, 0) is 16.1 Å². The van der Waals surface area contributed by atoms with Gasteiger partial charge < -0.3 is 15.8 Å². The normalized spacial score (nSPS) is 9.95. The van der Waals surface area contributed by atoms with Gasteiger partial charge in [-0.15, -0.1) is 11.8 Å². The van der Waals surface area contributed by atoms with Crippen LogP contribution in [0.4, 0.5) is 0 Å². The minimum absolute atomic E-state index is 0.118. The third-order valence-corrected chi connectivity index (χ3v) is 3.13. The van der Waals surface area contributed by atoms with Gasteiger partial charge in [-0.2, -0.15) is 0 Å². The summed E-state index contributed by atoms with van der Waals surface area (Å²) in [7, 11) is 0. The Hall–Kier alpha value is -1.69. The van der Waals surface area contributed by atoms with Crippen molar-refractivity contribution in [2.24, 2.45) is 5.73 Å². The Kier molecular flexibility index (Phi) is 6.81. The van der Waals surface area contributed by atoms with E-state index in [2.05, 4.69) is 5.32 Å². The van der Waals surface area contributed by atoms with Crippen molar-refractivity contribution in [3.8, 4) is 5.75 Å². The third-order valence-electron chi connectivity index (χ3n) is 2.18. The molecule has 0 saturated carbocycles. The Bertz CT molecular complexity index is 438. The van der Waals surface area contributed by atoms with Gasteiger partial charge in [-0.05, 0) is 24.6 Å². The molecule has 0 bridgehead atoms. The molecule has 0 aliphatic carbocycles. The van der Waals surface area contributed by atoms with E-state index in [1.54, 1.807) is 0 Å². The highest BCUT2D eigenvalue weighted by Gasteiger charge is 2.03. The lowest BCUT2D eigenvalue weighted by Crippen LogP contribution is -2.25. The maximum absolute atomic E-state index is 11.5. The van der Waals surface area contributed by atoms with Gasteiger partial charge in [0, 0.05) is 6.54 Å². The maximum Gasteiger partial charge on any atom is 0.230 e. The van der Waals surface area contributed by atoms with Crippen LogP contribution in [0.1, 0.15) is 12.5 Å². The number of amides is 2. The van der Waals surface area contributed by atoms with Crippen LogP contribution in [0.25, 0.3) is 0 Å². The molecule has 3 N–H and O–H groups in total. The van der Waals surface area contributed by atoms with Crippen molar-refractivity contribution in [2.75, 3.05) is 18.1 Å². The average Bonchev–Trinajstić information content (AvgIpc) is 2.37. The second kappa shape index (κ2) is 8.42. The first-order valence-corrected chi connectivity index (χ1v) is 7.11. The molecule has 1 aromatic carbocycles. The number of carbonyl (C=O) groups is 2. The van der Waals surface area contributed by atoms with E-state index in [1.807, 2.05) is 31.2 Å². The van der Waals surface area contributed by atoms with E-state index in [-0.39, 0.29) is 17.4 Å². The Labute approximate surface area is 116 Å². The Morgan fingerprint density at radius 3 is 2.84 bits per heavy atom. The van der Waals surface area contributed by atoms with Crippen molar-refractivity contribution >= 4 is 23.6 Å². The van der Waals surface area contributed by atoms with Crippen LogP contribution in [0.3, 0.4) is 0 Å². The summed E-state index contributed by atoms with van der Waals surface area (Å²) in [5.74, 6) is 0.647. The Balaban J connectivity index is 2.33. The standard InChI is InChI=1S/C13H18N2O3S/c1-2-18-11-5-3-4-10(6-11)7-15-13(17)9-19-8-12(14)16/h3-6H,2,7-9H2,1H3,(H2,14,16)(H,15,17). The van der Waals surface area contributed by atoms with E-state index in [0.29, 0.717) is 13.2 Å². The van der Waals surface area contributed by atoms with Gasteiger partial charge in [0.1, 0.15) is 5.75 Å². The first kappa shape index (κ1) is 15.4. The summed E-state index contributed by atoms with van der Waals surface area (Å²) in [5.41, 5.74) is 5.95. The van der Waals surface area contributed by atoms with Gasteiger partial charge in [0.15, 0.2) is 0 Å². The van der Waals surface area contributed by atoms with Crippen LogP contribution in [0.5, 0.6) is 5.75 Å². The predicted octanol–water partition coefficient (Wildman–Crippen LogP) is 0.920. The molecule has 0 heterocycles. The summed E-state index contributed by atoms with van der Waals surface area (Å²) in [4.78, 5) is 22.0. The topological polar surface area (TPSA) is 81.4 Å². The fraction of sp³-hybridized carbons (Fsp3) is 0.385. The van der Waals surface area contributed by atoms with Crippen LogP contribution in [0.2, 0.25) is 0 Å². The molecule has 1 aromatic rings. The van der Waals surface area contributed by atoms with Gasteiger partial charge >= 0.3 is 0 Å². The lowest BCUT2D eigenvalue weighted by Gasteiger charge is -2.07. The van der Waals surface area contributed by atoms with Crippen LogP contribution >= 0.6 is 11.8 Å². The van der Waals surface area contributed by atoms with Gasteiger partial charge in [-0.1, -0.05) is 12.1 Å². The van der Waals surface area contributed by atoms with Gasteiger partial charge in [-0.25, -0.2) is 0 Å². The number of hydrogen-bond acceptors (Lipinski definition) is 4. The van der Waals surface area contributed by atoms with Gasteiger partial charge in [0.2, 0.25) is 11.8 Å². The zero-order chi connectivity index (χ0) is 14.1. The minimum atomic E-state index is -0.415. The summed E-state index contributed by atoms with van der Waals surface area (Å²) in [6, 6.07) is 7.56. The number of hydrogen-bond donors (Lipinski definition) is 2. The molecule has 0 atom stereocenters. The monoisotopic (exact) mass is 282 g/mol. The summed E-state index contributed by atoms with van der Waals surface area (Å²) in [6.45, 7) is 2.97. The first-order valence-electron chi connectivity index (χ1n) is 5.96.